The molecule has 4 heteroatoms. The highest BCUT2D eigenvalue weighted by atomic mass is 16.1. The van der Waals surface area contributed by atoms with Crippen LogP contribution >= 0.6 is 0 Å². The van der Waals surface area contributed by atoms with Gasteiger partial charge in [0.2, 0.25) is 5.91 Å². The first-order valence-corrected chi connectivity index (χ1v) is 10.3. The van der Waals surface area contributed by atoms with Crippen LogP contribution in [0, 0.1) is 34.6 Å². The summed E-state index contributed by atoms with van der Waals surface area (Å²) < 4.78 is 2.04. The van der Waals surface area contributed by atoms with Gasteiger partial charge < -0.3 is 9.72 Å². The zero-order valence-corrected chi connectivity index (χ0v) is 18.2. The maximum Gasteiger partial charge on any atom is 0.230 e. The van der Waals surface area contributed by atoms with Crippen LogP contribution in [0.2, 0.25) is 0 Å². The van der Waals surface area contributed by atoms with Gasteiger partial charge in [-0.05, 0) is 80.6 Å². The Morgan fingerprint density at radius 3 is 2.43 bits per heavy atom. The first-order chi connectivity index (χ1) is 14.3. The number of carbonyl (C=O) groups is 1. The molecule has 0 bridgehead atoms. The monoisotopic (exact) mass is 397 g/mol. The Morgan fingerprint density at radius 1 is 0.900 bits per heavy atom. The van der Waals surface area contributed by atoms with Crippen molar-refractivity contribution in [3.8, 4) is 11.3 Å². The van der Waals surface area contributed by atoms with E-state index in [4.69, 9.17) is 4.98 Å². The van der Waals surface area contributed by atoms with Crippen molar-refractivity contribution in [2.24, 2.45) is 0 Å². The van der Waals surface area contributed by atoms with Gasteiger partial charge >= 0.3 is 0 Å². The van der Waals surface area contributed by atoms with Gasteiger partial charge in [-0.25, -0.2) is 4.98 Å². The largest absolute Gasteiger partial charge is 0.326 e. The minimum atomic E-state index is -0.0444. The Bertz CT molecular complexity index is 1270. The lowest BCUT2D eigenvalue weighted by molar-refractivity contribution is -0.115. The molecule has 0 spiro atoms. The summed E-state index contributed by atoms with van der Waals surface area (Å²) in [5.41, 5.74) is 10.4. The Hall–Kier alpha value is -3.40. The third-order valence-corrected chi connectivity index (χ3v) is 5.93. The molecule has 0 saturated heterocycles. The summed E-state index contributed by atoms with van der Waals surface area (Å²) in [6, 6.07) is 16.4. The molecule has 1 amide bonds. The highest BCUT2D eigenvalue weighted by molar-refractivity contribution is 5.94. The van der Waals surface area contributed by atoms with E-state index in [1.165, 1.54) is 11.1 Å². The number of amides is 1. The molecule has 0 aliphatic carbocycles. The predicted molar refractivity (Wildman–Crippen MR) is 123 cm³/mol. The molecule has 30 heavy (non-hydrogen) atoms. The molecule has 0 fully saturated rings. The van der Waals surface area contributed by atoms with Crippen molar-refractivity contribution < 1.29 is 4.79 Å². The van der Waals surface area contributed by atoms with E-state index in [2.05, 4.69) is 50.4 Å². The van der Waals surface area contributed by atoms with E-state index in [0.717, 1.165) is 45.0 Å². The van der Waals surface area contributed by atoms with E-state index >= 15 is 0 Å². The Labute approximate surface area is 177 Å². The normalized spacial score (nSPS) is 11.1. The van der Waals surface area contributed by atoms with Crippen LogP contribution in [0.25, 0.3) is 16.9 Å². The number of pyridine rings is 1. The molecule has 0 saturated carbocycles. The van der Waals surface area contributed by atoms with Gasteiger partial charge in [-0.15, -0.1) is 0 Å². The fourth-order valence-corrected chi connectivity index (χ4v) is 3.77. The number of fused-ring (bicyclic) bond motifs is 1. The van der Waals surface area contributed by atoms with Crippen LogP contribution < -0.4 is 5.32 Å². The van der Waals surface area contributed by atoms with Gasteiger partial charge in [-0.3, -0.25) is 4.79 Å². The number of hydrogen-bond acceptors (Lipinski definition) is 2. The van der Waals surface area contributed by atoms with Gasteiger partial charge in [-0.2, -0.15) is 0 Å². The van der Waals surface area contributed by atoms with E-state index in [9.17, 15) is 4.79 Å². The molecule has 0 unspecified atom stereocenters. The van der Waals surface area contributed by atoms with Crippen molar-refractivity contribution in [2.45, 2.75) is 41.0 Å². The van der Waals surface area contributed by atoms with Crippen molar-refractivity contribution >= 4 is 17.2 Å². The summed E-state index contributed by atoms with van der Waals surface area (Å²) in [5, 5.41) is 3.09. The number of hydrogen-bond donors (Lipinski definition) is 1. The number of carbonyl (C=O) groups excluding carboxylic acids is 1. The first-order valence-electron chi connectivity index (χ1n) is 10.3. The van der Waals surface area contributed by atoms with Gasteiger partial charge in [0.1, 0.15) is 5.65 Å². The Morgan fingerprint density at radius 2 is 1.67 bits per heavy atom. The fraction of sp³-hybridized carbons (Fsp3) is 0.231. The van der Waals surface area contributed by atoms with E-state index in [1.54, 1.807) is 0 Å². The molecule has 2 aromatic heterocycles. The second-order valence-electron chi connectivity index (χ2n) is 8.06. The Kier molecular flexibility index (Phi) is 5.17. The number of imidazole rings is 1. The number of benzene rings is 2. The first kappa shape index (κ1) is 19.9. The summed E-state index contributed by atoms with van der Waals surface area (Å²) >= 11 is 0. The molecule has 4 nitrogen and oxygen atoms in total. The van der Waals surface area contributed by atoms with Crippen molar-refractivity contribution in [1.29, 1.82) is 0 Å². The fourth-order valence-electron chi connectivity index (χ4n) is 3.77. The molecule has 2 heterocycles. The summed E-state index contributed by atoms with van der Waals surface area (Å²) in [6.45, 7) is 10.3. The second-order valence-corrected chi connectivity index (χ2v) is 8.06. The SMILES string of the molecule is Cc1ccc(-c2nc3c(C)cccn3c2CC(=O)Nc2cccc(C)c2C)cc1C. The number of nitrogens with one attached hydrogen (secondary N) is 1. The van der Waals surface area contributed by atoms with E-state index in [0.29, 0.717) is 0 Å². The second kappa shape index (κ2) is 7.79. The van der Waals surface area contributed by atoms with E-state index in [1.807, 2.05) is 48.7 Å². The van der Waals surface area contributed by atoms with Gasteiger partial charge in [-0.1, -0.05) is 30.3 Å². The van der Waals surface area contributed by atoms with Crippen molar-refractivity contribution in [3.63, 3.8) is 0 Å². The molecule has 152 valence electrons. The predicted octanol–water partition coefficient (Wildman–Crippen LogP) is 5.72. The van der Waals surface area contributed by atoms with Crippen LogP contribution in [-0.4, -0.2) is 15.3 Å². The van der Waals surface area contributed by atoms with Crippen LogP contribution in [0.3, 0.4) is 0 Å². The molecule has 0 aliphatic heterocycles. The third-order valence-electron chi connectivity index (χ3n) is 5.93. The highest BCUT2D eigenvalue weighted by Gasteiger charge is 2.19. The topological polar surface area (TPSA) is 46.4 Å². The van der Waals surface area contributed by atoms with Gasteiger partial charge in [0.25, 0.3) is 0 Å². The lowest BCUT2D eigenvalue weighted by Crippen LogP contribution is -2.17. The molecule has 1 N–H and O–H groups in total. The van der Waals surface area contributed by atoms with Crippen molar-refractivity contribution in [3.05, 3.63) is 88.2 Å². The Balaban J connectivity index is 1.77. The zero-order chi connectivity index (χ0) is 21.4. The minimum absolute atomic E-state index is 0.0444. The number of nitrogens with zero attached hydrogens (tertiary/aromatic N) is 2. The molecule has 4 rings (SSSR count). The summed E-state index contributed by atoms with van der Waals surface area (Å²) in [4.78, 5) is 18.0. The standard InChI is InChI=1S/C26H27N3O/c1-16-11-12-21(14-19(16)4)25-23(29-13-7-9-18(3)26(29)28-25)15-24(30)27-22-10-6-8-17(2)20(22)5/h6-14H,15H2,1-5H3,(H,27,30). The van der Waals surface area contributed by atoms with Crippen LogP contribution in [-0.2, 0) is 11.2 Å². The third kappa shape index (κ3) is 3.61. The molecule has 0 aliphatic rings. The van der Waals surface area contributed by atoms with Gasteiger partial charge in [0.15, 0.2) is 0 Å². The molecular weight excluding hydrogens is 370 g/mol. The average Bonchev–Trinajstić information content (AvgIpc) is 3.07. The number of rotatable bonds is 4. The molecule has 4 aromatic rings. The van der Waals surface area contributed by atoms with Crippen molar-refractivity contribution in [2.75, 3.05) is 5.32 Å². The van der Waals surface area contributed by atoms with E-state index in [-0.39, 0.29) is 12.3 Å². The molecular formula is C26H27N3O. The van der Waals surface area contributed by atoms with E-state index < -0.39 is 0 Å². The van der Waals surface area contributed by atoms with Gasteiger partial charge in [0, 0.05) is 17.4 Å². The smallest absolute Gasteiger partial charge is 0.230 e. The minimum Gasteiger partial charge on any atom is -0.326 e. The number of aryl methyl sites for hydroxylation is 4. The summed E-state index contributed by atoms with van der Waals surface area (Å²) in [7, 11) is 0. The molecule has 2 aromatic carbocycles. The van der Waals surface area contributed by atoms with Crippen LogP contribution in [0.5, 0.6) is 0 Å². The molecule has 0 radical (unpaired) electrons. The maximum absolute atomic E-state index is 13.0. The number of anilines is 1. The summed E-state index contributed by atoms with van der Waals surface area (Å²) in [6.07, 6.45) is 2.24. The quantitative estimate of drug-likeness (QED) is 0.478. The van der Waals surface area contributed by atoms with Crippen LogP contribution in [0.15, 0.2) is 54.7 Å². The van der Waals surface area contributed by atoms with Crippen molar-refractivity contribution in [1.82, 2.24) is 9.38 Å². The maximum atomic E-state index is 13.0. The highest BCUT2D eigenvalue weighted by Crippen LogP contribution is 2.28. The van der Waals surface area contributed by atoms with Gasteiger partial charge in [0.05, 0.1) is 17.8 Å². The van der Waals surface area contributed by atoms with Crippen LogP contribution in [0.1, 0.15) is 33.5 Å². The number of aromatic nitrogens is 2. The average molecular weight is 398 g/mol. The molecule has 0 atom stereocenters. The van der Waals surface area contributed by atoms with Crippen LogP contribution in [0.4, 0.5) is 5.69 Å². The lowest BCUT2D eigenvalue weighted by atomic mass is 10.0. The lowest BCUT2D eigenvalue weighted by Gasteiger charge is -2.11. The zero-order valence-electron chi connectivity index (χ0n) is 18.2. The summed E-state index contributed by atoms with van der Waals surface area (Å²) in [5.74, 6) is -0.0444.